The number of ether oxygens (including phenoxy) is 5. The van der Waals surface area contributed by atoms with Crippen molar-refractivity contribution in [3.8, 4) is 0 Å². The molecule has 0 spiro atoms. The minimum absolute atomic E-state index is 0.0261. The molecule has 31 nitrogen and oxygen atoms in total. The van der Waals surface area contributed by atoms with E-state index in [2.05, 4.69) is 42.5 Å². The van der Waals surface area contributed by atoms with E-state index in [1.54, 1.807) is 13.8 Å². The van der Waals surface area contributed by atoms with Crippen LogP contribution in [0.25, 0.3) is 0 Å². The average Bonchev–Trinajstić information content (AvgIpc) is 3.84. The normalized spacial score (nSPS) is 20.8. The molecule has 2 fully saturated rings. The van der Waals surface area contributed by atoms with Gasteiger partial charge in [0.2, 0.25) is 59.1 Å². The van der Waals surface area contributed by atoms with Gasteiger partial charge in [-0.25, -0.2) is 0 Å². The Balaban J connectivity index is 2.66. The maximum Gasteiger partial charge on any atom is 0.303 e. The first-order chi connectivity index (χ1) is 37.3. The molecule has 2 aliphatic heterocycles. The molecule has 0 aromatic rings. The van der Waals surface area contributed by atoms with Gasteiger partial charge < -0.3 is 87.7 Å². The van der Waals surface area contributed by atoms with Crippen molar-refractivity contribution in [1.29, 1.82) is 0 Å². The highest BCUT2D eigenvalue weighted by Gasteiger charge is 2.52. The molecular formula is C48H75N11O20S. The molecular weight excluding hydrogens is 1080 g/mol. The Morgan fingerprint density at radius 1 is 0.675 bits per heavy atom. The van der Waals surface area contributed by atoms with Crippen molar-refractivity contribution < 1.29 is 95.9 Å². The van der Waals surface area contributed by atoms with Crippen LogP contribution in [0.2, 0.25) is 0 Å². The van der Waals surface area contributed by atoms with Crippen molar-refractivity contribution in [2.75, 3.05) is 26.2 Å². The van der Waals surface area contributed by atoms with Crippen LogP contribution in [0, 0.1) is 5.92 Å². The second kappa shape index (κ2) is 33.1. The summed E-state index contributed by atoms with van der Waals surface area (Å²) in [5.74, 6) is -13.1. The van der Waals surface area contributed by atoms with Crippen molar-refractivity contribution in [3.05, 3.63) is 0 Å². The number of nitrogens with zero attached hydrogens (tertiary/aromatic N) is 1. The van der Waals surface area contributed by atoms with Crippen LogP contribution in [-0.2, 0) is 90.8 Å². The molecule has 80 heavy (non-hydrogen) atoms. The highest BCUT2D eigenvalue weighted by molar-refractivity contribution is 7.80. The number of nitrogens with two attached hydrogens (primary N) is 2. The van der Waals surface area contributed by atoms with E-state index in [9.17, 15) is 72.2 Å². The molecule has 0 aromatic heterocycles. The van der Waals surface area contributed by atoms with Crippen LogP contribution in [0.3, 0.4) is 0 Å². The minimum atomic E-state index is -1.95. The van der Waals surface area contributed by atoms with E-state index in [0.717, 1.165) is 27.7 Å². The second-order valence-electron chi connectivity index (χ2n) is 19.4. The van der Waals surface area contributed by atoms with Crippen molar-refractivity contribution >= 4 is 100 Å². The Kier molecular flexibility index (Phi) is 28.3. The van der Waals surface area contributed by atoms with Gasteiger partial charge in [0.15, 0.2) is 18.5 Å². The molecule has 2 heterocycles. The Hall–Kier alpha value is -7.61. The number of carbonyl (C=O) groups excluding carboxylic acids is 13. The summed E-state index contributed by atoms with van der Waals surface area (Å²) in [4.78, 5) is 181. The fourth-order valence-corrected chi connectivity index (χ4v) is 8.48. The number of carboxylic acid groups (broad SMARTS) is 1. The van der Waals surface area contributed by atoms with Crippen LogP contribution in [-0.4, -0.2) is 197 Å². The molecule has 2 aliphatic rings. The standard InChI is InChI=1S/C48H75N11O20S/c1-21(2)17-31(57-44(71)30(54-24(5)60)13-15-37(67)68)45(72)53-22(3)42(69)58-38(23(4)76-48-39(55-25(6)80)41(78-28(9)63)40(77-27(8)62)33(79-48)20-75-26(7)61)47(74)56-29(12-14-34(49)64)43(70)52-19-36(66)59-16-10-11-32(59)46(73)51-18-35(50)65/h21-23,29-33,38-41,48H,10-20H2,1-9H3,(H2,49,64)(H2,50,65)(H,51,73)(H,52,70)(H,53,72)(H,54,60)(H,55,80)(H,56,74)(H,57,71)(H,58,69)(H,67,68)/t22-,23+,29-,30-,31-,32-,33+,38-,39+,40-,41+,48-/m0/s1. The van der Waals surface area contributed by atoms with Crippen molar-refractivity contribution in [1.82, 2.24) is 47.4 Å². The monoisotopic (exact) mass is 1160 g/mol. The number of amides is 10. The molecule has 10 amide bonds. The summed E-state index contributed by atoms with van der Waals surface area (Å²) < 4.78 is 28.8. The number of hydrogen-bond acceptors (Lipinski definition) is 20. The molecule has 0 aromatic carbocycles. The van der Waals surface area contributed by atoms with E-state index in [1.807, 2.05) is 0 Å². The molecule has 0 bridgehead atoms. The van der Waals surface area contributed by atoms with Crippen molar-refractivity contribution in [2.45, 2.75) is 180 Å². The molecule has 448 valence electrons. The van der Waals surface area contributed by atoms with Crippen LogP contribution in [0.5, 0.6) is 0 Å². The lowest BCUT2D eigenvalue weighted by molar-refractivity contribution is -0.286. The van der Waals surface area contributed by atoms with Crippen LogP contribution < -0.4 is 54.0 Å². The number of likely N-dealkylation sites (tertiary alicyclic amines) is 1. The summed E-state index contributed by atoms with van der Waals surface area (Å²) in [5, 5.41) is 28.9. The molecule has 32 heteroatoms. The zero-order chi connectivity index (χ0) is 60.7. The topological polar surface area (TPSA) is 457 Å². The maximum absolute atomic E-state index is 14.7. The predicted octanol–water partition coefficient (Wildman–Crippen LogP) is -4.80. The third-order valence-corrected chi connectivity index (χ3v) is 12.1. The Bertz CT molecular complexity index is 2320. The molecule has 0 radical (unpaired) electrons. The molecule has 2 saturated heterocycles. The number of rotatable bonds is 31. The van der Waals surface area contributed by atoms with Gasteiger partial charge in [-0.2, -0.15) is 0 Å². The van der Waals surface area contributed by atoms with E-state index in [1.165, 1.54) is 25.7 Å². The van der Waals surface area contributed by atoms with E-state index >= 15 is 0 Å². The smallest absolute Gasteiger partial charge is 0.303 e. The third-order valence-electron chi connectivity index (χ3n) is 11.9. The number of aliphatic carboxylic acids is 1. The highest BCUT2D eigenvalue weighted by Crippen LogP contribution is 2.29. The van der Waals surface area contributed by atoms with Crippen LogP contribution in [0.1, 0.15) is 107 Å². The van der Waals surface area contributed by atoms with Gasteiger partial charge in [0.1, 0.15) is 55.0 Å². The van der Waals surface area contributed by atoms with Gasteiger partial charge in [-0.05, 0) is 58.8 Å². The minimum Gasteiger partial charge on any atom is -0.481 e. The van der Waals surface area contributed by atoms with E-state index in [0.29, 0.717) is 6.42 Å². The number of nitrogens with one attached hydrogen (secondary N) is 8. The molecule has 0 aliphatic carbocycles. The van der Waals surface area contributed by atoms with Gasteiger partial charge in [-0.1, -0.05) is 26.1 Å². The van der Waals surface area contributed by atoms with Gasteiger partial charge >= 0.3 is 23.9 Å². The molecule has 0 saturated carbocycles. The summed E-state index contributed by atoms with van der Waals surface area (Å²) in [7, 11) is 0. The first-order valence-corrected chi connectivity index (χ1v) is 25.9. The Labute approximate surface area is 466 Å². The summed E-state index contributed by atoms with van der Waals surface area (Å²) >= 11 is 5.31. The number of hydrogen-bond donors (Lipinski definition) is 11. The number of thiocarbonyl (C=S) groups is 1. The van der Waals surface area contributed by atoms with E-state index < -0.39 is 195 Å². The fraction of sp³-hybridized carbons (Fsp3) is 0.688. The SMILES string of the molecule is CC(=O)N[C@@H](CCC(=O)O)C(=O)N[C@@H](CC(C)C)C(=O)N[C@@H](C)C(=O)N[C@H](C(=O)N[C@@H](CCC(N)=O)C(=O)NCC(=O)N1CCC[C@H]1C(=O)NCC(N)=O)[C@@H](C)O[C@H]1O[C@H](COC(C)=O)[C@H](OC(C)=O)[C@H](OC(C)=O)[C@H]1NC(C)=S. The van der Waals surface area contributed by atoms with Gasteiger partial charge in [-0.15, -0.1) is 0 Å². The van der Waals surface area contributed by atoms with Gasteiger partial charge in [0, 0.05) is 47.1 Å². The van der Waals surface area contributed by atoms with Gasteiger partial charge in [-0.3, -0.25) is 67.1 Å². The van der Waals surface area contributed by atoms with Crippen molar-refractivity contribution in [2.24, 2.45) is 17.4 Å². The zero-order valence-corrected chi connectivity index (χ0v) is 46.8. The Morgan fingerprint density at radius 3 is 1.81 bits per heavy atom. The number of primary amides is 2. The largest absolute Gasteiger partial charge is 0.481 e. The molecule has 2 rings (SSSR count). The zero-order valence-electron chi connectivity index (χ0n) is 46.0. The first kappa shape index (κ1) is 68.5. The molecule has 13 N–H and O–H groups in total. The average molecular weight is 1160 g/mol. The predicted molar refractivity (Wildman–Crippen MR) is 278 cm³/mol. The first-order valence-electron chi connectivity index (χ1n) is 25.5. The lowest BCUT2D eigenvalue weighted by Crippen LogP contribution is -2.68. The summed E-state index contributed by atoms with van der Waals surface area (Å²) in [5.41, 5.74) is 10.6. The lowest BCUT2D eigenvalue weighted by atomic mass is 9.95. The molecule has 0 unspecified atom stereocenters. The summed E-state index contributed by atoms with van der Waals surface area (Å²) in [6.07, 6.45) is -9.06. The van der Waals surface area contributed by atoms with Gasteiger partial charge in [0.25, 0.3) is 0 Å². The van der Waals surface area contributed by atoms with E-state index in [4.69, 9.17) is 47.4 Å². The van der Waals surface area contributed by atoms with Crippen LogP contribution >= 0.6 is 12.2 Å². The fourth-order valence-electron chi connectivity index (χ4n) is 8.34. The van der Waals surface area contributed by atoms with Crippen LogP contribution in [0.15, 0.2) is 0 Å². The second-order valence-corrected chi connectivity index (χ2v) is 20.0. The van der Waals surface area contributed by atoms with Gasteiger partial charge in [0.05, 0.1) is 24.2 Å². The van der Waals surface area contributed by atoms with Crippen molar-refractivity contribution in [3.63, 3.8) is 0 Å². The third kappa shape index (κ3) is 23.8. The maximum atomic E-state index is 14.7. The summed E-state index contributed by atoms with van der Waals surface area (Å²) in [6.45, 7) is 9.82. The molecule has 12 atom stereocenters. The van der Waals surface area contributed by atoms with E-state index in [-0.39, 0.29) is 36.7 Å². The highest BCUT2D eigenvalue weighted by atomic mass is 32.1. The number of esters is 3. The summed E-state index contributed by atoms with van der Waals surface area (Å²) in [6, 6.07) is -10.3. The number of carboxylic acids is 1. The lowest BCUT2D eigenvalue weighted by Gasteiger charge is -2.46. The number of carbonyl (C=O) groups is 14. The Morgan fingerprint density at radius 2 is 1.26 bits per heavy atom. The quantitative estimate of drug-likeness (QED) is 0.0176. The van der Waals surface area contributed by atoms with Crippen LogP contribution in [0.4, 0.5) is 0 Å².